The number of alkyl halides is 3. The summed E-state index contributed by atoms with van der Waals surface area (Å²) in [6.07, 6.45) is -3.21. The highest BCUT2D eigenvalue weighted by Gasteiger charge is 2.31. The molecule has 0 spiro atoms. The number of benzene rings is 1. The van der Waals surface area contributed by atoms with Gasteiger partial charge in [-0.15, -0.1) is 13.2 Å². The van der Waals surface area contributed by atoms with Gasteiger partial charge in [0.15, 0.2) is 0 Å². The Morgan fingerprint density at radius 1 is 1.11 bits per heavy atom. The molecule has 18 heavy (non-hydrogen) atoms. The topological polar surface area (TPSA) is 48.4 Å². The number of rotatable bonds is 3. The summed E-state index contributed by atoms with van der Waals surface area (Å²) in [7, 11) is 0. The maximum atomic E-state index is 12.0. The van der Waals surface area contributed by atoms with Crippen molar-refractivity contribution >= 4 is 0 Å². The number of hydrogen-bond acceptors (Lipinski definition) is 3. The third kappa shape index (κ3) is 3.04. The van der Waals surface area contributed by atoms with E-state index >= 15 is 0 Å². The van der Waals surface area contributed by atoms with Crippen molar-refractivity contribution in [2.24, 2.45) is 5.73 Å². The van der Waals surface area contributed by atoms with E-state index in [0.717, 1.165) is 0 Å². The summed E-state index contributed by atoms with van der Waals surface area (Å²) >= 11 is 0. The molecule has 2 rings (SSSR count). The Labute approximate surface area is 101 Å². The van der Waals surface area contributed by atoms with Crippen LogP contribution < -0.4 is 10.5 Å². The molecule has 0 unspecified atom stereocenters. The molecule has 2 N–H and O–H groups in total. The van der Waals surface area contributed by atoms with Gasteiger partial charge < -0.3 is 14.9 Å². The molecule has 0 fully saturated rings. The molecule has 6 heteroatoms. The van der Waals surface area contributed by atoms with Crippen LogP contribution in [-0.4, -0.2) is 6.36 Å². The first-order valence-electron chi connectivity index (χ1n) is 5.10. The minimum Gasteiger partial charge on any atom is -0.467 e. The third-order valence-electron chi connectivity index (χ3n) is 2.32. The van der Waals surface area contributed by atoms with Crippen molar-refractivity contribution < 1.29 is 22.3 Å². The van der Waals surface area contributed by atoms with Gasteiger partial charge >= 0.3 is 6.36 Å². The molecule has 0 amide bonds. The molecule has 1 aromatic heterocycles. The van der Waals surface area contributed by atoms with Crippen molar-refractivity contribution in [3.63, 3.8) is 0 Å². The normalized spacial score (nSPS) is 13.3. The monoisotopic (exact) mass is 257 g/mol. The van der Waals surface area contributed by atoms with Gasteiger partial charge in [0.2, 0.25) is 0 Å². The largest absolute Gasteiger partial charge is 0.573 e. The summed E-state index contributed by atoms with van der Waals surface area (Å²) in [6, 6.07) is 8.24. The minimum atomic E-state index is -4.69. The zero-order valence-corrected chi connectivity index (χ0v) is 9.15. The smallest absolute Gasteiger partial charge is 0.467 e. The molecule has 1 atom stereocenters. The Morgan fingerprint density at radius 2 is 1.78 bits per heavy atom. The van der Waals surface area contributed by atoms with Crippen molar-refractivity contribution in [3.05, 3.63) is 54.0 Å². The van der Waals surface area contributed by atoms with Crippen molar-refractivity contribution in [2.45, 2.75) is 12.4 Å². The molecule has 0 radical (unpaired) electrons. The van der Waals surface area contributed by atoms with Gasteiger partial charge in [0.05, 0.1) is 12.3 Å². The van der Waals surface area contributed by atoms with Gasteiger partial charge in [0.1, 0.15) is 11.5 Å². The lowest BCUT2D eigenvalue weighted by Gasteiger charge is -2.11. The van der Waals surface area contributed by atoms with Gasteiger partial charge in [0.25, 0.3) is 0 Å². The summed E-state index contributed by atoms with van der Waals surface area (Å²) in [5.74, 6) is 0.261. The van der Waals surface area contributed by atoms with Crippen LogP contribution in [0.25, 0.3) is 0 Å². The van der Waals surface area contributed by atoms with Gasteiger partial charge in [-0.3, -0.25) is 0 Å². The summed E-state index contributed by atoms with van der Waals surface area (Å²) in [4.78, 5) is 0. The first-order valence-corrected chi connectivity index (χ1v) is 5.10. The van der Waals surface area contributed by atoms with E-state index in [9.17, 15) is 13.2 Å². The van der Waals surface area contributed by atoms with Gasteiger partial charge in [-0.2, -0.15) is 0 Å². The van der Waals surface area contributed by atoms with Crippen LogP contribution in [0, 0.1) is 0 Å². The molecular weight excluding hydrogens is 247 g/mol. The number of hydrogen-bond donors (Lipinski definition) is 1. The quantitative estimate of drug-likeness (QED) is 0.918. The molecule has 0 aliphatic rings. The van der Waals surface area contributed by atoms with Crippen LogP contribution in [0.2, 0.25) is 0 Å². The van der Waals surface area contributed by atoms with E-state index < -0.39 is 12.4 Å². The average Bonchev–Trinajstić information content (AvgIpc) is 2.80. The van der Waals surface area contributed by atoms with Crippen LogP contribution in [0.1, 0.15) is 17.4 Å². The minimum absolute atomic E-state index is 0.280. The van der Waals surface area contributed by atoms with Crippen LogP contribution >= 0.6 is 0 Å². The second-order valence-electron chi connectivity index (χ2n) is 3.61. The van der Waals surface area contributed by atoms with Crippen molar-refractivity contribution in [1.82, 2.24) is 0 Å². The Hall–Kier alpha value is -1.95. The molecule has 96 valence electrons. The Balaban J connectivity index is 2.13. The molecule has 0 aliphatic heterocycles. The van der Waals surface area contributed by atoms with Crippen molar-refractivity contribution in [1.29, 1.82) is 0 Å². The fourth-order valence-corrected chi connectivity index (χ4v) is 1.51. The first kappa shape index (κ1) is 12.5. The van der Waals surface area contributed by atoms with Crippen molar-refractivity contribution in [2.75, 3.05) is 0 Å². The summed E-state index contributed by atoms with van der Waals surface area (Å²) in [5, 5.41) is 0. The zero-order valence-electron chi connectivity index (χ0n) is 9.15. The van der Waals surface area contributed by atoms with E-state index in [0.29, 0.717) is 11.3 Å². The highest BCUT2D eigenvalue weighted by molar-refractivity contribution is 5.32. The molecule has 0 bridgehead atoms. The molecule has 2 aromatic rings. The zero-order chi connectivity index (χ0) is 13.2. The summed E-state index contributed by atoms with van der Waals surface area (Å²) < 4.78 is 44.8. The van der Waals surface area contributed by atoms with Crippen LogP contribution in [0.5, 0.6) is 5.75 Å². The molecule has 1 heterocycles. The maximum Gasteiger partial charge on any atom is 0.573 e. The van der Waals surface area contributed by atoms with Crippen LogP contribution in [0.3, 0.4) is 0 Å². The van der Waals surface area contributed by atoms with Gasteiger partial charge in [-0.25, -0.2) is 0 Å². The number of halogens is 3. The van der Waals surface area contributed by atoms with Crippen LogP contribution in [0.4, 0.5) is 13.2 Å². The number of nitrogens with two attached hydrogens (primary N) is 1. The van der Waals surface area contributed by atoms with E-state index in [4.69, 9.17) is 10.2 Å². The van der Waals surface area contributed by atoms with E-state index in [1.807, 2.05) is 0 Å². The number of ether oxygens (including phenoxy) is 1. The first-order chi connectivity index (χ1) is 8.46. The van der Waals surface area contributed by atoms with Gasteiger partial charge in [-0.1, -0.05) is 12.1 Å². The lowest BCUT2D eigenvalue weighted by molar-refractivity contribution is -0.274. The lowest BCUT2D eigenvalue weighted by Crippen LogP contribution is -2.17. The van der Waals surface area contributed by atoms with Crippen molar-refractivity contribution in [3.8, 4) is 5.75 Å². The molecule has 3 nitrogen and oxygen atoms in total. The van der Waals surface area contributed by atoms with E-state index in [1.165, 1.54) is 30.5 Å². The fraction of sp³-hybridized carbons (Fsp3) is 0.167. The third-order valence-corrected chi connectivity index (χ3v) is 2.32. The van der Waals surface area contributed by atoms with Gasteiger partial charge in [-0.05, 0) is 29.8 Å². The highest BCUT2D eigenvalue weighted by atomic mass is 19.4. The van der Waals surface area contributed by atoms with Gasteiger partial charge in [0, 0.05) is 0 Å². The average molecular weight is 257 g/mol. The Bertz CT molecular complexity index is 491. The van der Waals surface area contributed by atoms with Crippen LogP contribution in [-0.2, 0) is 0 Å². The van der Waals surface area contributed by atoms with Crippen LogP contribution in [0.15, 0.2) is 47.1 Å². The second kappa shape index (κ2) is 4.73. The lowest BCUT2D eigenvalue weighted by atomic mass is 10.1. The second-order valence-corrected chi connectivity index (χ2v) is 3.61. The maximum absolute atomic E-state index is 12.0. The SMILES string of the molecule is N[C@H](c1ccc(OC(F)(F)F)cc1)c1ccco1. The Kier molecular flexibility index (Phi) is 3.29. The molecule has 0 saturated heterocycles. The van der Waals surface area contributed by atoms with E-state index in [-0.39, 0.29) is 5.75 Å². The summed E-state index contributed by atoms with van der Waals surface area (Å²) in [5.41, 5.74) is 6.52. The standard InChI is InChI=1S/C12H10F3NO2/c13-12(14,15)18-9-5-3-8(4-6-9)11(16)10-2-1-7-17-10/h1-7,11H,16H2/t11-/m1/s1. The van der Waals surface area contributed by atoms with E-state index in [1.54, 1.807) is 12.1 Å². The predicted molar refractivity (Wildman–Crippen MR) is 57.9 cm³/mol. The fourth-order valence-electron chi connectivity index (χ4n) is 1.51. The summed E-state index contributed by atoms with van der Waals surface area (Å²) in [6.45, 7) is 0. The van der Waals surface area contributed by atoms with E-state index in [2.05, 4.69) is 4.74 Å². The highest BCUT2D eigenvalue weighted by Crippen LogP contribution is 2.25. The predicted octanol–water partition coefficient (Wildman–Crippen LogP) is 3.23. The molecule has 0 aliphatic carbocycles. The Morgan fingerprint density at radius 3 is 2.28 bits per heavy atom. The molecule has 1 aromatic carbocycles. The molecule has 0 saturated carbocycles. The number of furan rings is 1. The molecular formula is C12H10F3NO2.